The molecule has 2 rings (SSSR count). The van der Waals surface area contributed by atoms with Crippen molar-refractivity contribution in [2.45, 2.75) is 19.8 Å². The second kappa shape index (κ2) is 11.5. The number of hydrogen-bond donors (Lipinski definition) is 2. The van der Waals surface area contributed by atoms with Crippen LogP contribution in [0.3, 0.4) is 0 Å². The smallest absolute Gasteiger partial charge is 0.253 e. The Morgan fingerprint density at radius 3 is 2.24 bits per heavy atom. The summed E-state index contributed by atoms with van der Waals surface area (Å²) in [6, 6.07) is 5.32. The molecule has 0 aliphatic carbocycles. The lowest BCUT2D eigenvalue weighted by molar-refractivity contribution is 0.0705. The maximum atomic E-state index is 12.5. The number of carbonyl (C=O) groups is 1. The topological polar surface area (TPSA) is 79.2 Å². The lowest BCUT2D eigenvalue weighted by atomic mass is 9.96. The molecule has 1 amide bonds. The summed E-state index contributed by atoms with van der Waals surface area (Å²) in [7, 11) is 3.17. The van der Waals surface area contributed by atoms with Crippen molar-refractivity contribution in [3.8, 4) is 11.5 Å². The van der Waals surface area contributed by atoms with Crippen molar-refractivity contribution < 1.29 is 24.5 Å². The number of likely N-dealkylation sites (tertiary alicyclic amines) is 1. The standard InChI is InChI=1S/C17H23NO3.C2H6O2/c1-4-5-13-8-10-18(11-9-13)17(19)14-6-7-15(20-2)16(12-14)21-3;3-1-2-4/h4-7,12-13H,8-11H2,1-3H3;3-4H,1-2H2/b5-4+;. The number of piperidine rings is 1. The van der Waals surface area contributed by atoms with Gasteiger partial charge < -0.3 is 24.6 Å². The maximum Gasteiger partial charge on any atom is 0.253 e. The number of allylic oxidation sites excluding steroid dienone is 2. The molecule has 0 saturated carbocycles. The van der Waals surface area contributed by atoms with E-state index in [1.54, 1.807) is 32.4 Å². The van der Waals surface area contributed by atoms with E-state index in [-0.39, 0.29) is 19.1 Å². The number of methoxy groups -OCH3 is 2. The van der Waals surface area contributed by atoms with E-state index in [0.29, 0.717) is 23.0 Å². The van der Waals surface area contributed by atoms with E-state index in [1.807, 2.05) is 11.8 Å². The number of carbonyl (C=O) groups excluding carboxylic acids is 1. The van der Waals surface area contributed by atoms with Crippen LogP contribution in [0.5, 0.6) is 11.5 Å². The lowest BCUT2D eigenvalue weighted by Crippen LogP contribution is -2.38. The van der Waals surface area contributed by atoms with Crippen LogP contribution in [0, 0.1) is 5.92 Å². The molecule has 1 fully saturated rings. The van der Waals surface area contributed by atoms with E-state index in [0.717, 1.165) is 25.9 Å². The molecular formula is C19H29NO5. The van der Waals surface area contributed by atoms with E-state index >= 15 is 0 Å². The SMILES string of the molecule is C/C=C/C1CCN(C(=O)c2ccc(OC)c(OC)c2)CC1.OCCO. The molecule has 140 valence electrons. The number of rotatable bonds is 5. The quantitative estimate of drug-likeness (QED) is 0.794. The summed E-state index contributed by atoms with van der Waals surface area (Å²) in [6.45, 7) is 3.41. The van der Waals surface area contributed by atoms with Crippen molar-refractivity contribution in [2.24, 2.45) is 5.92 Å². The Balaban J connectivity index is 0.000000705. The van der Waals surface area contributed by atoms with Gasteiger partial charge in [-0.25, -0.2) is 0 Å². The van der Waals surface area contributed by atoms with Gasteiger partial charge in [0, 0.05) is 18.7 Å². The molecule has 1 heterocycles. The van der Waals surface area contributed by atoms with Gasteiger partial charge in [-0.15, -0.1) is 0 Å². The van der Waals surface area contributed by atoms with Gasteiger partial charge in [0.05, 0.1) is 27.4 Å². The Morgan fingerprint density at radius 1 is 1.16 bits per heavy atom. The van der Waals surface area contributed by atoms with Gasteiger partial charge >= 0.3 is 0 Å². The average Bonchev–Trinajstić information content (AvgIpc) is 2.67. The number of ether oxygens (including phenoxy) is 2. The Kier molecular flexibility index (Phi) is 9.65. The highest BCUT2D eigenvalue weighted by molar-refractivity contribution is 5.95. The Bertz CT molecular complexity index is 549. The third-order valence-electron chi connectivity index (χ3n) is 4.02. The van der Waals surface area contributed by atoms with Crippen LogP contribution in [0.4, 0.5) is 0 Å². The summed E-state index contributed by atoms with van der Waals surface area (Å²) in [5, 5.41) is 15.2. The highest BCUT2D eigenvalue weighted by Crippen LogP contribution is 2.28. The molecule has 25 heavy (non-hydrogen) atoms. The van der Waals surface area contributed by atoms with Crippen LogP contribution >= 0.6 is 0 Å². The first-order chi connectivity index (χ1) is 12.1. The number of hydrogen-bond acceptors (Lipinski definition) is 5. The molecule has 2 N–H and O–H groups in total. The van der Waals surface area contributed by atoms with Crippen LogP contribution in [0.2, 0.25) is 0 Å². The van der Waals surface area contributed by atoms with Gasteiger partial charge in [0.1, 0.15) is 0 Å². The van der Waals surface area contributed by atoms with Crippen LogP contribution < -0.4 is 9.47 Å². The molecular weight excluding hydrogens is 322 g/mol. The van der Waals surface area contributed by atoms with Crippen molar-refractivity contribution in [3.05, 3.63) is 35.9 Å². The predicted molar refractivity (Wildman–Crippen MR) is 97.2 cm³/mol. The largest absolute Gasteiger partial charge is 0.493 e. The van der Waals surface area contributed by atoms with Gasteiger partial charge in [-0.3, -0.25) is 4.79 Å². The maximum absolute atomic E-state index is 12.5. The minimum absolute atomic E-state index is 0.0647. The van der Waals surface area contributed by atoms with Gasteiger partial charge in [-0.1, -0.05) is 12.2 Å². The van der Waals surface area contributed by atoms with Crippen LogP contribution in [0.15, 0.2) is 30.4 Å². The molecule has 0 bridgehead atoms. The van der Waals surface area contributed by atoms with Crippen LogP contribution in [-0.4, -0.2) is 61.5 Å². The molecule has 1 saturated heterocycles. The van der Waals surface area contributed by atoms with Gasteiger partial charge in [0.2, 0.25) is 0 Å². The number of aliphatic hydroxyl groups excluding tert-OH is 2. The average molecular weight is 351 g/mol. The molecule has 0 atom stereocenters. The first-order valence-electron chi connectivity index (χ1n) is 8.47. The summed E-state index contributed by atoms with van der Waals surface area (Å²) in [6.07, 6.45) is 6.39. The van der Waals surface area contributed by atoms with Gasteiger partial charge in [0.15, 0.2) is 11.5 Å². The number of aliphatic hydroxyl groups is 2. The molecule has 1 aromatic carbocycles. The van der Waals surface area contributed by atoms with Crippen molar-refractivity contribution in [1.29, 1.82) is 0 Å². The first kappa shape index (κ1) is 21.0. The number of benzene rings is 1. The Labute approximate surface area is 149 Å². The summed E-state index contributed by atoms with van der Waals surface area (Å²) in [4.78, 5) is 14.5. The predicted octanol–water partition coefficient (Wildman–Crippen LogP) is 2.10. The highest BCUT2D eigenvalue weighted by Gasteiger charge is 2.23. The molecule has 6 nitrogen and oxygen atoms in total. The molecule has 0 radical (unpaired) electrons. The van der Waals surface area contributed by atoms with E-state index in [1.165, 1.54) is 0 Å². The van der Waals surface area contributed by atoms with E-state index < -0.39 is 0 Å². The zero-order valence-electron chi connectivity index (χ0n) is 15.3. The van der Waals surface area contributed by atoms with Crippen LogP contribution in [-0.2, 0) is 0 Å². The van der Waals surface area contributed by atoms with Gasteiger partial charge in [-0.2, -0.15) is 0 Å². The van der Waals surface area contributed by atoms with Gasteiger partial charge in [0.25, 0.3) is 5.91 Å². The van der Waals surface area contributed by atoms with Crippen molar-refractivity contribution >= 4 is 5.91 Å². The molecule has 0 spiro atoms. The van der Waals surface area contributed by atoms with E-state index in [9.17, 15) is 4.79 Å². The Hall–Kier alpha value is -2.05. The third kappa shape index (κ3) is 6.40. The Morgan fingerprint density at radius 2 is 1.76 bits per heavy atom. The fourth-order valence-electron chi connectivity index (χ4n) is 2.72. The summed E-state index contributed by atoms with van der Waals surface area (Å²) in [5.74, 6) is 1.90. The van der Waals surface area contributed by atoms with E-state index in [2.05, 4.69) is 12.2 Å². The van der Waals surface area contributed by atoms with Crippen LogP contribution in [0.25, 0.3) is 0 Å². The van der Waals surface area contributed by atoms with Crippen molar-refractivity contribution in [2.75, 3.05) is 40.5 Å². The second-order valence-corrected chi connectivity index (χ2v) is 5.67. The number of amides is 1. The third-order valence-corrected chi connectivity index (χ3v) is 4.02. The summed E-state index contributed by atoms with van der Waals surface area (Å²) < 4.78 is 10.5. The van der Waals surface area contributed by atoms with Gasteiger partial charge in [-0.05, 0) is 43.9 Å². The zero-order valence-corrected chi connectivity index (χ0v) is 15.3. The van der Waals surface area contributed by atoms with Crippen molar-refractivity contribution in [1.82, 2.24) is 4.90 Å². The van der Waals surface area contributed by atoms with Crippen LogP contribution in [0.1, 0.15) is 30.1 Å². The molecule has 6 heteroatoms. The molecule has 0 unspecified atom stereocenters. The fourth-order valence-corrected chi connectivity index (χ4v) is 2.72. The first-order valence-corrected chi connectivity index (χ1v) is 8.47. The molecule has 1 aliphatic heterocycles. The summed E-state index contributed by atoms with van der Waals surface area (Å²) in [5.41, 5.74) is 0.650. The number of nitrogens with zero attached hydrogens (tertiary/aromatic N) is 1. The fraction of sp³-hybridized carbons (Fsp3) is 0.526. The lowest BCUT2D eigenvalue weighted by Gasteiger charge is -2.31. The normalized spacial score (nSPS) is 14.8. The monoisotopic (exact) mass is 351 g/mol. The minimum atomic E-state index is -0.125. The van der Waals surface area contributed by atoms with E-state index in [4.69, 9.17) is 19.7 Å². The van der Waals surface area contributed by atoms with Crippen molar-refractivity contribution in [3.63, 3.8) is 0 Å². The molecule has 0 aromatic heterocycles. The summed E-state index contributed by atoms with van der Waals surface area (Å²) >= 11 is 0. The molecule has 1 aromatic rings. The molecule has 1 aliphatic rings. The minimum Gasteiger partial charge on any atom is -0.493 e. The zero-order chi connectivity index (χ0) is 18.7. The second-order valence-electron chi connectivity index (χ2n) is 5.67. The highest BCUT2D eigenvalue weighted by atomic mass is 16.5.